The summed E-state index contributed by atoms with van der Waals surface area (Å²) in [6.07, 6.45) is 1.28. The predicted molar refractivity (Wildman–Crippen MR) is 110 cm³/mol. The number of fused-ring (bicyclic) bond motifs is 1. The summed E-state index contributed by atoms with van der Waals surface area (Å²) in [7, 11) is 0. The summed E-state index contributed by atoms with van der Waals surface area (Å²) in [5.74, 6) is -0.892. The molecule has 2 aromatic heterocycles. The largest absolute Gasteiger partial charge is 0.382 e. The van der Waals surface area contributed by atoms with Gasteiger partial charge in [-0.25, -0.2) is 18.7 Å². The van der Waals surface area contributed by atoms with Crippen molar-refractivity contribution in [2.75, 3.05) is 11.1 Å². The molecule has 0 fully saturated rings. The van der Waals surface area contributed by atoms with Crippen molar-refractivity contribution in [3.8, 4) is 17.2 Å². The molecule has 4 aromatic rings. The maximum Gasteiger partial charge on any atom is 0.150 e. The van der Waals surface area contributed by atoms with E-state index in [1.165, 1.54) is 29.8 Å². The van der Waals surface area contributed by atoms with Crippen molar-refractivity contribution in [1.82, 2.24) is 9.97 Å². The molecule has 1 unspecified atom stereocenters. The third kappa shape index (κ3) is 3.48. The topological polar surface area (TPSA) is 87.6 Å². The SMILES string of the molecule is CC(Nc1ncnc(N)c1C#N)c1sc2ccccc2c1-c1cc(F)cc(F)c1. The normalized spacial score (nSPS) is 11.9. The molecule has 8 heteroatoms. The first-order valence-electron chi connectivity index (χ1n) is 8.73. The standard InChI is InChI=1S/C21H15F2N5S/c1-11(28-21-16(9-24)20(25)26-10-27-21)19-18(12-6-13(22)8-14(23)7-12)15-4-2-3-5-17(15)29-19/h2-8,10-11H,1H3,(H3,25,26,27,28). The molecule has 0 aliphatic heterocycles. The summed E-state index contributed by atoms with van der Waals surface area (Å²) in [6.45, 7) is 1.89. The van der Waals surface area contributed by atoms with Gasteiger partial charge in [0.1, 0.15) is 41.2 Å². The van der Waals surface area contributed by atoms with Gasteiger partial charge in [-0.05, 0) is 30.7 Å². The Morgan fingerprint density at radius 1 is 1.14 bits per heavy atom. The Balaban J connectivity index is 1.86. The van der Waals surface area contributed by atoms with E-state index in [4.69, 9.17) is 5.73 Å². The highest BCUT2D eigenvalue weighted by Crippen LogP contribution is 2.43. The molecule has 4 rings (SSSR count). The van der Waals surface area contributed by atoms with Crippen LogP contribution < -0.4 is 11.1 Å². The minimum atomic E-state index is -0.641. The Labute approximate surface area is 169 Å². The average Bonchev–Trinajstić information content (AvgIpc) is 3.07. The zero-order valence-electron chi connectivity index (χ0n) is 15.3. The quantitative estimate of drug-likeness (QED) is 0.482. The number of aromatic nitrogens is 2. The van der Waals surface area contributed by atoms with Crippen LogP contribution in [0.3, 0.4) is 0 Å². The number of nitriles is 1. The van der Waals surface area contributed by atoms with E-state index in [0.717, 1.165) is 26.6 Å². The van der Waals surface area contributed by atoms with E-state index in [1.54, 1.807) is 0 Å². The lowest BCUT2D eigenvalue weighted by Crippen LogP contribution is -2.11. The molecule has 0 aliphatic rings. The third-order valence-electron chi connectivity index (χ3n) is 4.51. The highest BCUT2D eigenvalue weighted by Gasteiger charge is 2.21. The van der Waals surface area contributed by atoms with E-state index in [1.807, 2.05) is 37.3 Å². The second-order valence-corrected chi connectivity index (χ2v) is 7.54. The summed E-state index contributed by atoms with van der Waals surface area (Å²) in [4.78, 5) is 8.81. The zero-order valence-corrected chi connectivity index (χ0v) is 16.1. The van der Waals surface area contributed by atoms with Crippen LogP contribution in [0, 0.1) is 23.0 Å². The molecule has 0 saturated heterocycles. The van der Waals surface area contributed by atoms with Gasteiger partial charge in [0.05, 0.1) is 6.04 Å². The summed E-state index contributed by atoms with van der Waals surface area (Å²) < 4.78 is 28.8. The second-order valence-electron chi connectivity index (χ2n) is 6.46. The van der Waals surface area contributed by atoms with Crippen molar-refractivity contribution in [1.29, 1.82) is 5.26 Å². The number of nitrogens with zero attached hydrogens (tertiary/aromatic N) is 3. The van der Waals surface area contributed by atoms with E-state index in [9.17, 15) is 14.0 Å². The van der Waals surface area contributed by atoms with Gasteiger partial charge in [0.25, 0.3) is 0 Å². The van der Waals surface area contributed by atoms with E-state index >= 15 is 0 Å². The smallest absolute Gasteiger partial charge is 0.150 e. The van der Waals surface area contributed by atoms with Crippen molar-refractivity contribution < 1.29 is 8.78 Å². The van der Waals surface area contributed by atoms with Crippen molar-refractivity contribution >= 4 is 33.1 Å². The van der Waals surface area contributed by atoms with Crippen LogP contribution in [0.5, 0.6) is 0 Å². The Morgan fingerprint density at radius 2 is 1.86 bits per heavy atom. The fraction of sp³-hybridized carbons (Fsp3) is 0.0952. The van der Waals surface area contributed by atoms with Gasteiger partial charge < -0.3 is 11.1 Å². The lowest BCUT2D eigenvalue weighted by Gasteiger charge is -2.17. The van der Waals surface area contributed by atoms with E-state index < -0.39 is 11.6 Å². The number of benzene rings is 2. The fourth-order valence-electron chi connectivity index (χ4n) is 3.25. The molecule has 2 heterocycles. The highest BCUT2D eigenvalue weighted by atomic mass is 32.1. The number of rotatable bonds is 4. The summed E-state index contributed by atoms with van der Waals surface area (Å²) >= 11 is 1.51. The van der Waals surface area contributed by atoms with Gasteiger partial charge in [0.15, 0.2) is 0 Å². The molecule has 29 heavy (non-hydrogen) atoms. The van der Waals surface area contributed by atoms with Crippen LogP contribution in [0.25, 0.3) is 21.2 Å². The first-order valence-corrected chi connectivity index (χ1v) is 9.54. The molecule has 0 radical (unpaired) electrons. The number of anilines is 2. The van der Waals surface area contributed by atoms with Crippen molar-refractivity contribution in [3.63, 3.8) is 0 Å². The summed E-state index contributed by atoms with van der Waals surface area (Å²) in [5.41, 5.74) is 7.11. The molecular formula is C21H15F2N5S. The number of halogens is 2. The van der Waals surface area contributed by atoms with Crippen molar-refractivity contribution in [3.05, 3.63) is 70.9 Å². The van der Waals surface area contributed by atoms with Crippen LogP contribution >= 0.6 is 11.3 Å². The minimum absolute atomic E-state index is 0.0842. The Morgan fingerprint density at radius 3 is 2.59 bits per heavy atom. The second kappa shape index (κ2) is 7.45. The molecule has 0 aliphatic carbocycles. The average molecular weight is 407 g/mol. The third-order valence-corrected chi connectivity index (χ3v) is 5.86. The summed E-state index contributed by atoms with van der Waals surface area (Å²) in [5, 5.41) is 13.4. The molecule has 0 saturated carbocycles. The molecule has 5 nitrogen and oxygen atoms in total. The van der Waals surface area contributed by atoms with E-state index in [-0.39, 0.29) is 17.4 Å². The number of nitrogens with two attached hydrogens (primary N) is 1. The molecule has 2 aromatic carbocycles. The first-order chi connectivity index (χ1) is 14.0. The molecule has 1 atom stereocenters. The molecule has 144 valence electrons. The maximum absolute atomic E-state index is 13.9. The lowest BCUT2D eigenvalue weighted by atomic mass is 9.99. The number of nitrogens with one attached hydrogen (secondary N) is 1. The molecule has 0 spiro atoms. The van der Waals surface area contributed by atoms with Crippen LogP contribution in [0.15, 0.2) is 48.8 Å². The minimum Gasteiger partial charge on any atom is -0.382 e. The maximum atomic E-state index is 13.9. The Bertz CT molecular complexity index is 1240. The Kier molecular flexibility index (Phi) is 4.82. The van der Waals surface area contributed by atoms with Gasteiger partial charge in [-0.3, -0.25) is 0 Å². The van der Waals surface area contributed by atoms with Crippen LogP contribution in [0.2, 0.25) is 0 Å². The van der Waals surface area contributed by atoms with Crippen molar-refractivity contribution in [2.45, 2.75) is 13.0 Å². The Hall–Kier alpha value is -3.57. The first kappa shape index (κ1) is 18.8. The van der Waals surface area contributed by atoms with Crippen LogP contribution in [-0.4, -0.2) is 9.97 Å². The van der Waals surface area contributed by atoms with Crippen LogP contribution in [-0.2, 0) is 0 Å². The predicted octanol–water partition coefficient (Wildman–Crippen LogP) is 5.26. The number of nitrogen functional groups attached to an aromatic ring is 1. The van der Waals surface area contributed by atoms with Gasteiger partial charge in [-0.1, -0.05) is 18.2 Å². The molecule has 3 N–H and O–H groups in total. The number of hydrogen-bond donors (Lipinski definition) is 2. The van der Waals surface area contributed by atoms with Crippen molar-refractivity contribution in [2.24, 2.45) is 0 Å². The number of hydrogen-bond acceptors (Lipinski definition) is 6. The van der Waals surface area contributed by atoms with Gasteiger partial charge in [-0.15, -0.1) is 11.3 Å². The van der Waals surface area contributed by atoms with Gasteiger partial charge in [-0.2, -0.15) is 5.26 Å². The number of thiophene rings is 1. The lowest BCUT2D eigenvalue weighted by molar-refractivity contribution is 0.584. The highest BCUT2D eigenvalue weighted by molar-refractivity contribution is 7.19. The van der Waals surface area contributed by atoms with Gasteiger partial charge >= 0.3 is 0 Å². The summed E-state index contributed by atoms with van der Waals surface area (Å²) in [6, 6.07) is 12.8. The molecular weight excluding hydrogens is 392 g/mol. The molecule has 0 bridgehead atoms. The zero-order chi connectivity index (χ0) is 20.5. The van der Waals surface area contributed by atoms with Crippen LogP contribution in [0.4, 0.5) is 20.4 Å². The molecule has 0 amide bonds. The van der Waals surface area contributed by atoms with E-state index in [2.05, 4.69) is 15.3 Å². The van der Waals surface area contributed by atoms with Gasteiger partial charge in [0.2, 0.25) is 0 Å². The monoisotopic (exact) mass is 407 g/mol. The van der Waals surface area contributed by atoms with Gasteiger partial charge in [0, 0.05) is 26.6 Å². The van der Waals surface area contributed by atoms with Crippen LogP contribution in [0.1, 0.15) is 23.4 Å². The van der Waals surface area contributed by atoms with E-state index in [0.29, 0.717) is 11.4 Å². The fourth-order valence-corrected chi connectivity index (χ4v) is 4.48.